The monoisotopic (exact) mass is 521 g/mol. The highest BCUT2D eigenvalue weighted by atomic mass is 32.1. The first-order chi connectivity index (χ1) is 17.7. The zero-order chi connectivity index (χ0) is 26.4. The summed E-state index contributed by atoms with van der Waals surface area (Å²) in [5, 5.41) is 4.69. The van der Waals surface area contributed by atoms with Crippen LogP contribution in [0.25, 0.3) is 6.08 Å². The average molecular weight is 522 g/mol. The molecule has 0 bridgehead atoms. The maximum absolute atomic E-state index is 13.1. The molecule has 0 aliphatic heterocycles. The highest BCUT2D eigenvalue weighted by Crippen LogP contribution is 2.35. The molecule has 4 aromatic rings. The Kier molecular flexibility index (Phi) is 7.83. The second kappa shape index (κ2) is 11.2. The van der Waals surface area contributed by atoms with Crippen LogP contribution in [-0.2, 0) is 22.2 Å². The summed E-state index contributed by atoms with van der Waals surface area (Å²) in [7, 11) is 0. The summed E-state index contributed by atoms with van der Waals surface area (Å²) in [6, 6.07) is 21.9. The molecule has 37 heavy (non-hydrogen) atoms. The molecule has 0 radical (unpaired) electrons. The van der Waals surface area contributed by atoms with Crippen LogP contribution in [0.2, 0.25) is 0 Å². The van der Waals surface area contributed by atoms with Crippen LogP contribution in [0.5, 0.6) is 0 Å². The Morgan fingerprint density at radius 1 is 1.00 bits per heavy atom. The molecule has 2 amide bonds. The van der Waals surface area contributed by atoms with Crippen LogP contribution in [0.4, 0.5) is 29.7 Å². The van der Waals surface area contributed by atoms with Gasteiger partial charge in [-0.15, -0.1) is 11.3 Å². The van der Waals surface area contributed by atoms with Gasteiger partial charge in [-0.05, 0) is 47.9 Å². The van der Waals surface area contributed by atoms with Gasteiger partial charge in [0.2, 0.25) is 11.8 Å². The van der Waals surface area contributed by atoms with E-state index in [-0.39, 0.29) is 16.7 Å². The van der Waals surface area contributed by atoms with E-state index < -0.39 is 17.6 Å². The summed E-state index contributed by atoms with van der Waals surface area (Å²) < 4.78 is 39.4. The van der Waals surface area contributed by atoms with E-state index in [1.807, 2.05) is 54.6 Å². The number of hydrogen-bond donors (Lipinski definition) is 1. The molecule has 0 atom stereocenters. The first-order valence-electron chi connectivity index (χ1n) is 11.2. The van der Waals surface area contributed by atoms with E-state index >= 15 is 0 Å². The predicted octanol–water partition coefficient (Wildman–Crippen LogP) is 7.09. The van der Waals surface area contributed by atoms with Crippen LogP contribution in [0.3, 0.4) is 0 Å². The van der Waals surface area contributed by atoms with Crippen LogP contribution >= 0.6 is 11.3 Å². The van der Waals surface area contributed by atoms with Crippen molar-refractivity contribution in [1.82, 2.24) is 4.98 Å². The molecule has 3 aromatic carbocycles. The third-order valence-electron chi connectivity index (χ3n) is 5.37. The number of anilines is 3. The van der Waals surface area contributed by atoms with Gasteiger partial charge < -0.3 is 5.32 Å². The lowest BCUT2D eigenvalue weighted by molar-refractivity contribution is -0.137. The topological polar surface area (TPSA) is 62.3 Å². The molecular weight excluding hydrogens is 499 g/mol. The van der Waals surface area contributed by atoms with E-state index in [9.17, 15) is 22.8 Å². The minimum Gasteiger partial charge on any atom is -0.322 e. The number of carbonyl (C=O) groups is 2. The highest BCUT2D eigenvalue weighted by Gasteiger charge is 2.31. The molecule has 1 aromatic heterocycles. The lowest BCUT2D eigenvalue weighted by Crippen LogP contribution is -2.23. The number of amides is 2. The van der Waals surface area contributed by atoms with Gasteiger partial charge >= 0.3 is 6.18 Å². The van der Waals surface area contributed by atoms with Gasteiger partial charge in [-0.3, -0.25) is 14.5 Å². The van der Waals surface area contributed by atoms with Gasteiger partial charge in [0.05, 0.1) is 16.9 Å². The number of nitrogens with one attached hydrogen (secondary N) is 1. The number of alkyl halides is 3. The number of rotatable bonds is 7. The van der Waals surface area contributed by atoms with Gasteiger partial charge in [-0.1, -0.05) is 54.6 Å². The van der Waals surface area contributed by atoms with E-state index in [1.165, 1.54) is 31.2 Å². The minimum atomic E-state index is -4.54. The van der Waals surface area contributed by atoms with E-state index in [4.69, 9.17) is 0 Å². The Morgan fingerprint density at radius 3 is 2.46 bits per heavy atom. The Morgan fingerprint density at radius 2 is 1.73 bits per heavy atom. The van der Waals surface area contributed by atoms with Gasteiger partial charge in [0.25, 0.3) is 0 Å². The maximum atomic E-state index is 13.1. The SMILES string of the molecule is CC(=O)N(c1cccc(C(F)(F)F)c1)c1nc(C=CC(=O)Nc2ccccc2Cc2ccccc2)cs1. The fraction of sp³-hybridized carbons (Fsp3) is 0.107. The molecule has 0 saturated heterocycles. The van der Waals surface area contributed by atoms with Crippen molar-refractivity contribution in [2.45, 2.75) is 19.5 Å². The number of benzene rings is 3. The van der Waals surface area contributed by atoms with Gasteiger partial charge in [0.15, 0.2) is 5.13 Å². The van der Waals surface area contributed by atoms with Crippen LogP contribution in [-0.4, -0.2) is 16.8 Å². The standard InChI is InChI=1S/C28H22F3N3O2S/c1-19(35)34(24-12-7-11-22(17-24)28(29,30)31)27-32-23(18-37-27)14-15-26(36)33-25-13-6-5-10-21(25)16-20-8-3-2-4-9-20/h2-15,17-18H,16H2,1H3,(H,33,36). The van der Waals surface area contributed by atoms with Gasteiger partial charge in [0, 0.05) is 24.1 Å². The molecule has 5 nitrogen and oxygen atoms in total. The molecule has 0 unspecified atom stereocenters. The fourth-order valence-electron chi connectivity index (χ4n) is 3.65. The van der Waals surface area contributed by atoms with E-state index in [0.717, 1.165) is 39.5 Å². The number of halogens is 3. The normalized spacial score (nSPS) is 11.5. The summed E-state index contributed by atoms with van der Waals surface area (Å²) in [5.41, 5.74) is 2.35. The fourth-order valence-corrected chi connectivity index (χ4v) is 4.51. The molecule has 4 rings (SSSR count). The zero-order valence-electron chi connectivity index (χ0n) is 19.7. The van der Waals surface area contributed by atoms with E-state index in [2.05, 4.69) is 10.3 Å². The second-order valence-corrected chi connectivity index (χ2v) is 8.94. The maximum Gasteiger partial charge on any atom is 0.416 e. The summed E-state index contributed by atoms with van der Waals surface area (Å²) in [6.45, 7) is 1.25. The van der Waals surface area contributed by atoms with Crippen molar-refractivity contribution in [2.75, 3.05) is 10.2 Å². The largest absolute Gasteiger partial charge is 0.416 e. The second-order valence-electron chi connectivity index (χ2n) is 8.10. The van der Waals surface area contributed by atoms with Crippen molar-refractivity contribution in [2.24, 2.45) is 0 Å². The zero-order valence-corrected chi connectivity index (χ0v) is 20.5. The molecule has 188 valence electrons. The highest BCUT2D eigenvalue weighted by molar-refractivity contribution is 7.14. The Balaban J connectivity index is 1.48. The predicted molar refractivity (Wildman–Crippen MR) is 140 cm³/mol. The third-order valence-corrected chi connectivity index (χ3v) is 6.21. The number of carbonyl (C=O) groups excluding carboxylic acids is 2. The van der Waals surface area contributed by atoms with Crippen LogP contribution in [0.15, 0.2) is 90.3 Å². The number of para-hydroxylation sites is 1. The van der Waals surface area contributed by atoms with Crippen LogP contribution in [0.1, 0.15) is 29.3 Å². The summed E-state index contributed by atoms with van der Waals surface area (Å²) in [5.74, 6) is -0.853. The smallest absolute Gasteiger partial charge is 0.322 e. The molecule has 1 N–H and O–H groups in total. The number of thiazole rings is 1. The van der Waals surface area contributed by atoms with Crippen molar-refractivity contribution < 1.29 is 22.8 Å². The Hall–Kier alpha value is -4.24. The van der Waals surface area contributed by atoms with E-state index in [0.29, 0.717) is 17.8 Å². The van der Waals surface area contributed by atoms with Crippen molar-refractivity contribution in [3.8, 4) is 0 Å². The van der Waals surface area contributed by atoms with Crippen LogP contribution in [0, 0.1) is 0 Å². The Bertz CT molecular complexity index is 1430. The molecule has 0 aliphatic carbocycles. The molecule has 1 heterocycles. The minimum absolute atomic E-state index is 0.0555. The molecule has 9 heteroatoms. The molecular formula is C28H22F3N3O2S. The number of hydrogen-bond acceptors (Lipinski definition) is 4. The first-order valence-corrected chi connectivity index (χ1v) is 12.1. The first kappa shape index (κ1) is 25.8. The van der Waals surface area contributed by atoms with E-state index in [1.54, 1.807) is 5.38 Å². The van der Waals surface area contributed by atoms with Crippen LogP contribution < -0.4 is 10.2 Å². The number of aromatic nitrogens is 1. The average Bonchev–Trinajstić information content (AvgIpc) is 3.32. The molecule has 0 saturated carbocycles. The summed E-state index contributed by atoms with van der Waals surface area (Å²) in [6.07, 6.45) is -1.07. The van der Waals surface area contributed by atoms with Crippen molar-refractivity contribution >= 4 is 45.7 Å². The lowest BCUT2D eigenvalue weighted by Gasteiger charge is -2.19. The van der Waals surface area contributed by atoms with Gasteiger partial charge in [0.1, 0.15) is 0 Å². The Labute approximate surface area is 215 Å². The lowest BCUT2D eigenvalue weighted by atomic mass is 10.0. The summed E-state index contributed by atoms with van der Waals surface area (Å²) >= 11 is 1.08. The van der Waals surface area contributed by atoms with Gasteiger partial charge in [-0.2, -0.15) is 13.2 Å². The van der Waals surface area contributed by atoms with Gasteiger partial charge in [-0.25, -0.2) is 4.98 Å². The third kappa shape index (κ3) is 6.71. The van der Waals surface area contributed by atoms with Crippen molar-refractivity contribution in [1.29, 1.82) is 0 Å². The molecule has 0 aliphatic rings. The van der Waals surface area contributed by atoms with Crippen molar-refractivity contribution in [3.63, 3.8) is 0 Å². The quantitative estimate of drug-likeness (QED) is 0.264. The number of nitrogens with zero attached hydrogens (tertiary/aromatic N) is 2. The molecule has 0 spiro atoms. The van der Waals surface area contributed by atoms with Crippen molar-refractivity contribution in [3.05, 3.63) is 113 Å². The molecule has 0 fully saturated rings. The summed E-state index contributed by atoms with van der Waals surface area (Å²) in [4.78, 5) is 30.3.